The molecule has 0 saturated carbocycles. The number of hydrazone groups is 1. The Morgan fingerprint density at radius 1 is 1.33 bits per heavy atom. The first-order chi connectivity index (χ1) is 12.9. The van der Waals surface area contributed by atoms with Crippen molar-refractivity contribution in [2.45, 2.75) is 11.8 Å². The number of rotatable bonds is 6. The average Bonchev–Trinajstić information content (AvgIpc) is 3.21. The Hall–Kier alpha value is -2.34. The van der Waals surface area contributed by atoms with Crippen LogP contribution in [0.5, 0.6) is 0 Å². The SMILES string of the molecule is C/C(=N/Nc1ccc([N+](=O)[O-])cc1S(=O)(=O)N1CCOCC1)c1cccs1. The molecule has 27 heavy (non-hydrogen) atoms. The molecule has 1 saturated heterocycles. The van der Waals surface area contributed by atoms with E-state index in [1.165, 1.54) is 27.8 Å². The number of hydrogen-bond donors (Lipinski definition) is 1. The number of nitro groups is 1. The number of sulfonamides is 1. The van der Waals surface area contributed by atoms with Crippen LogP contribution in [0, 0.1) is 10.1 Å². The second-order valence-electron chi connectivity index (χ2n) is 5.74. The topological polar surface area (TPSA) is 114 Å². The van der Waals surface area contributed by atoms with E-state index >= 15 is 0 Å². The van der Waals surface area contributed by atoms with Crippen molar-refractivity contribution in [3.63, 3.8) is 0 Å². The minimum absolute atomic E-state index is 0.179. The van der Waals surface area contributed by atoms with Gasteiger partial charge in [0, 0.05) is 30.1 Å². The molecule has 0 atom stereocenters. The van der Waals surface area contributed by atoms with E-state index in [9.17, 15) is 18.5 Å². The van der Waals surface area contributed by atoms with Gasteiger partial charge in [0.2, 0.25) is 10.0 Å². The molecular formula is C16H18N4O5S2. The zero-order valence-corrected chi connectivity index (χ0v) is 16.1. The van der Waals surface area contributed by atoms with E-state index in [-0.39, 0.29) is 42.6 Å². The van der Waals surface area contributed by atoms with Gasteiger partial charge >= 0.3 is 0 Å². The van der Waals surface area contributed by atoms with Crippen LogP contribution in [0.4, 0.5) is 11.4 Å². The van der Waals surface area contributed by atoms with Gasteiger partial charge in [-0.15, -0.1) is 11.3 Å². The van der Waals surface area contributed by atoms with E-state index in [0.29, 0.717) is 5.71 Å². The lowest BCUT2D eigenvalue weighted by Gasteiger charge is -2.26. The number of nitrogens with one attached hydrogen (secondary N) is 1. The first-order valence-corrected chi connectivity index (χ1v) is 10.4. The largest absolute Gasteiger partial charge is 0.379 e. The monoisotopic (exact) mass is 410 g/mol. The number of anilines is 1. The van der Waals surface area contributed by atoms with Gasteiger partial charge in [0.05, 0.1) is 29.5 Å². The molecule has 11 heteroatoms. The van der Waals surface area contributed by atoms with Crippen molar-refractivity contribution in [2.75, 3.05) is 31.7 Å². The van der Waals surface area contributed by atoms with Crippen LogP contribution in [0.25, 0.3) is 0 Å². The molecule has 0 radical (unpaired) electrons. The summed E-state index contributed by atoms with van der Waals surface area (Å²) in [6, 6.07) is 7.45. The normalized spacial score (nSPS) is 16.3. The maximum atomic E-state index is 13.0. The van der Waals surface area contributed by atoms with Gasteiger partial charge in [-0.25, -0.2) is 8.42 Å². The number of nitro benzene ring substituents is 1. The number of non-ortho nitro benzene ring substituents is 1. The third kappa shape index (κ3) is 4.33. The molecule has 9 nitrogen and oxygen atoms in total. The quantitative estimate of drug-likeness (QED) is 0.445. The Morgan fingerprint density at radius 3 is 2.70 bits per heavy atom. The van der Waals surface area contributed by atoms with Gasteiger partial charge in [0.25, 0.3) is 5.69 Å². The molecule has 1 aromatic heterocycles. The molecule has 144 valence electrons. The van der Waals surface area contributed by atoms with Crippen LogP contribution in [0.3, 0.4) is 0 Å². The summed E-state index contributed by atoms with van der Waals surface area (Å²) in [5.74, 6) is 0. The summed E-state index contributed by atoms with van der Waals surface area (Å²) in [6.45, 7) is 2.75. The van der Waals surface area contributed by atoms with Crippen molar-refractivity contribution < 1.29 is 18.1 Å². The number of benzene rings is 1. The fraction of sp³-hybridized carbons (Fsp3) is 0.312. The highest BCUT2D eigenvalue weighted by atomic mass is 32.2. The number of morpholine rings is 1. The van der Waals surface area contributed by atoms with Gasteiger partial charge in [-0.3, -0.25) is 15.5 Å². The molecule has 0 amide bonds. The predicted octanol–water partition coefficient (Wildman–Crippen LogP) is 2.51. The number of nitrogens with zero attached hydrogens (tertiary/aromatic N) is 3. The molecule has 1 fully saturated rings. The molecule has 1 aliphatic heterocycles. The lowest BCUT2D eigenvalue weighted by atomic mass is 10.3. The molecule has 0 unspecified atom stereocenters. The minimum Gasteiger partial charge on any atom is -0.379 e. The van der Waals surface area contributed by atoms with Crippen molar-refractivity contribution in [2.24, 2.45) is 5.10 Å². The third-order valence-corrected chi connectivity index (χ3v) is 6.90. The molecule has 1 N–H and O–H groups in total. The van der Waals surface area contributed by atoms with Gasteiger partial charge in [-0.2, -0.15) is 9.41 Å². The Balaban J connectivity index is 1.98. The second kappa shape index (κ2) is 8.13. The molecule has 3 rings (SSSR count). The van der Waals surface area contributed by atoms with Crippen LogP contribution in [0.2, 0.25) is 0 Å². The summed E-state index contributed by atoms with van der Waals surface area (Å²) in [7, 11) is -3.93. The minimum atomic E-state index is -3.93. The standard InChI is InChI=1S/C16H18N4O5S2/c1-12(15-3-2-10-26-15)17-18-14-5-4-13(20(21)22)11-16(14)27(23,24)19-6-8-25-9-7-19/h2-5,10-11,18H,6-9H2,1H3/b17-12-. The Labute approximate surface area is 160 Å². The number of ether oxygens (including phenoxy) is 1. The number of thiophene rings is 1. The van der Waals surface area contributed by atoms with Crippen LogP contribution in [0.1, 0.15) is 11.8 Å². The molecule has 0 spiro atoms. The molecule has 1 aliphatic rings. The highest BCUT2D eigenvalue weighted by molar-refractivity contribution is 7.89. The van der Waals surface area contributed by atoms with E-state index in [0.717, 1.165) is 10.9 Å². The summed E-state index contributed by atoms with van der Waals surface area (Å²) in [5, 5.41) is 17.3. The van der Waals surface area contributed by atoms with Crippen LogP contribution < -0.4 is 5.43 Å². The molecule has 1 aromatic carbocycles. The van der Waals surface area contributed by atoms with E-state index in [2.05, 4.69) is 10.5 Å². The maximum absolute atomic E-state index is 13.0. The Morgan fingerprint density at radius 2 is 2.07 bits per heavy atom. The van der Waals surface area contributed by atoms with Gasteiger partial charge in [0.1, 0.15) is 4.90 Å². The lowest BCUT2D eigenvalue weighted by Crippen LogP contribution is -2.40. The summed E-state index contributed by atoms with van der Waals surface area (Å²) >= 11 is 1.50. The molecule has 2 aromatic rings. The van der Waals surface area contributed by atoms with E-state index < -0.39 is 14.9 Å². The van der Waals surface area contributed by atoms with Crippen molar-refractivity contribution in [1.29, 1.82) is 0 Å². The third-order valence-electron chi connectivity index (χ3n) is 3.99. The van der Waals surface area contributed by atoms with E-state index in [1.54, 1.807) is 6.92 Å². The van der Waals surface area contributed by atoms with Gasteiger partial charge in [-0.05, 0) is 24.4 Å². The first-order valence-electron chi connectivity index (χ1n) is 8.10. The smallest absolute Gasteiger partial charge is 0.270 e. The summed E-state index contributed by atoms with van der Waals surface area (Å²) in [6.07, 6.45) is 0. The molecule has 0 aliphatic carbocycles. The van der Waals surface area contributed by atoms with E-state index in [1.807, 2.05) is 17.5 Å². The second-order valence-corrected chi connectivity index (χ2v) is 8.59. The maximum Gasteiger partial charge on any atom is 0.270 e. The Kier molecular flexibility index (Phi) is 5.85. The summed E-state index contributed by atoms with van der Waals surface area (Å²) < 4.78 is 32.5. The Bertz CT molecular complexity index is 951. The van der Waals surface area contributed by atoms with Crippen molar-refractivity contribution in [1.82, 2.24) is 4.31 Å². The van der Waals surface area contributed by atoms with Crippen molar-refractivity contribution in [3.8, 4) is 0 Å². The van der Waals surface area contributed by atoms with Crippen LogP contribution >= 0.6 is 11.3 Å². The van der Waals surface area contributed by atoms with E-state index in [4.69, 9.17) is 4.74 Å². The van der Waals surface area contributed by atoms with Gasteiger partial charge < -0.3 is 4.74 Å². The first kappa shape index (κ1) is 19.4. The van der Waals surface area contributed by atoms with Gasteiger partial charge in [0.15, 0.2) is 0 Å². The highest BCUT2D eigenvalue weighted by Crippen LogP contribution is 2.29. The highest BCUT2D eigenvalue weighted by Gasteiger charge is 2.30. The lowest BCUT2D eigenvalue weighted by molar-refractivity contribution is -0.385. The number of hydrogen-bond acceptors (Lipinski definition) is 8. The zero-order valence-electron chi connectivity index (χ0n) is 14.5. The van der Waals surface area contributed by atoms with Crippen molar-refractivity contribution >= 4 is 38.4 Å². The fourth-order valence-corrected chi connectivity index (χ4v) is 4.79. The fourth-order valence-electron chi connectivity index (χ4n) is 2.54. The average molecular weight is 410 g/mol. The molecule has 0 bridgehead atoms. The van der Waals surface area contributed by atoms with Crippen molar-refractivity contribution in [3.05, 3.63) is 50.7 Å². The predicted molar refractivity (Wildman–Crippen MR) is 103 cm³/mol. The van der Waals surface area contributed by atoms with Gasteiger partial charge in [-0.1, -0.05) is 6.07 Å². The molecule has 2 heterocycles. The van der Waals surface area contributed by atoms with Crippen LogP contribution in [-0.2, 0) is 14.8 Å². The van der Waals surface area contributed by atoms with Crippen LogP contribution in [0.15, 0.2) is 45.7 Å². The van der Waals surface area contributed by atoms with Crippen LogP contribution in [-0.4, -0.2) is 49.7 Å². The summed E-state index contributed by atoms with van der Waals surface area (Å²) in [5.41, 5.74) is 3.31. The molecular weight excluding hydrogens is 392 g/mol. The zero-order chi connectivity index (χ0) is 19.4. The summed E-state index contributed by atoms with van der Waals surface area (Å²) in [4.78, 5) is 11.3.